The number of amides is 1. The highest BCUT2D eigenvalue weighted by atomic mass is 16.3. The van der Waals surface area contributed by atoms with E-state index in [4.69, 9.17) is 9.52 Å². The summed E-state index contributed by atoms with van der Waals surface area (Å²) in [4.78, 5) is 31.2. The van der Waals surface area contributed by atoms with Gasteiger partial charge in [-0.05, 0) is 36.6 Å². The van der Waals surface area contributed by atoms with E-state index in [1.165, 1.54) is 31.9 Å². The molecule has 1 aromatic carbocycles. The van der Waals surface area contributed by atoms with E-state index in [0.717, 1.165) is 29.6 Å². The number of benzene rings is 1. The van der Waals surface area contributed by atoms with Crippen LogP contribution in [-0.4, -0.2) is 25.7 Å². The molecular weight excluding hydrogens is 408 g/mol. The first kappa shape index (κ1) is 20.0. The van der Waals surface area contributed by atoms with E-state index in [0.29, 0.717) is 23.8 Å². The Morgan fingerprint density at radius 2 is 2.09 bits per heavy atom. The van der Waals surface area contributed by atoms with Crippen molar-refractivity contribution in [2.45, 2.75) is 44.7 Å². The molecule has 0 bridgehead atoms. The van der Waals surface area contributed by atoms with Gasteiger partial charge in [0.1, 0.15) is 5.39 Å². The molecule has 32 heavy (non-hydrogen) atoms. The molecule has 3 heterocycles. The van der Waals surface area contributed by atoms with Crippen molar-refractivity contribution in [2.24, 2.45) is 0 Å². The minimum Gasteiger partial charge on any atom is -0.438 e. The van der Waals surface area contributed by atoms with Gasteiger partial charge in [-0.2, -0.15) is 5.10 Å². The van der Waals surface area contributed by atoms with Crippen molar-refractivity contribution in [3.05, 3.63) is 70.8 Å². The van der Waals surface area contributed by atoms with Gasteiger partial charge in [-0.3, -0.25) is 14.3 Å². The molecule has 0 atom stereocenters. The Balaban J connectivity index is 1.39. The topological polar surface area (TPSA) is 118 Å². The summed E-state index contributed by atoms with van der Waals surface area (Å²) in [6.45, 7) is 0.326. The molecule has 0 spiro atoms. The van der Waals surface area contributed by atoms with Crippen LogP contribution in [0.15, 0.2) is 58.3 Å². The van der Waals surface area contributed by atoms with Crippen molar-refractivity contribution < 1.29 is 9.21 Å². The number of fused-ring (bicyclic) bond motifs is 1. The Kier molecular flexibility index (Phi) is 5.45. The lowest BCUT2D eigenvalue weighted by Crippen LogP contribution is -2.22. The smallest absolute Gasteiger partial charge is 0.288 e. The average molecular weight is 432 g/mol. The van der Waals surface area contributed by atoms with E-state index in [2.05, 4.69) is 20.6 Å². The number of H-pyrrole nitrogens is 1. The van der Waals surface area contributed by atoms with Gasteiger partial charge in [-0.15, -0.1) is 0 Å². The van der Waals surface area contributed by atoms with E-state index in [9.17, 15) is 9.59 Å². The number of aromatic amines is 1. The molecule has 3 N–H and O–H groups in total. The summed E-state index contributed by atoms with van der Waals surface area (Å²) in [5.74, 6) is 0.373. The quantitative estimate of drug-likeness (QED) is 0.425. The summed E-state index contributed by atoms with van der Waals surface area (Å²) in [7, 11) is 0. The van der Waals surface area contributed by atoms with Gasteiger partial charge in [0.2, 0.25) is 5.76 Å². The maximum absolute atomic E-state index is 12.6. The molecule has 164 valence electrons. The maximum Gasteiger partial charge on any atom is 0.288 e. The largest absolute Gasteiger partial charge is 0.438 e. The number of anilines is 2. The molecule has 1 amide bonds. The average Bonchev–Trinajstić information content (AvgIpc) is 3.48. The monoisotopic (exact) mass is 432 g/mol. The van der Waals surface area contributed by atoms with E-state index < -0.39 is 0 Å². The Labute approximate surface area is 183 Å². The molecule has 5 rings (SSSR count). The number of carbonyl (C=O) groups excluding carboxylic acids is 1. The summed E-state index contributed by atoms with van der Waals surface area (Å²) in [5, 5.41) is 11.5. The Hall–Kier alpha value is -3.88. The van der Waals surface area contributed by atoms with Gasteiger partial charge in [-0.1, -0.05) is 31.4 Å². The number of nitrogens with one attached hydrogen (secondary N) is 3. The van der Waals surface area contributed by atoms with Crippen LogP contribution >= 0.6 is 0 Å². The number of rotatable bonds is 6. The number of pyridine rings is 1. The standard InChI is InChI=1S/C23H24N6O3/c30-22(19-13-24-14-32-19)26-12-15-5-4-6-16(11-15)27-21-20-18(9-10-25-23(20)31)29(28-21)17-7-2-1-3-8-17/h4-6,9-11,13-14,17H,1-3,7-8,12H2,(H,25,31)(H,26,30)(H,27,28). The van der Waals surface area contributed by atoms with Gasteiger partial charge >= 0.3 is 0 Å². The van der Waals surface area contributed by atoms with Crippen molar-refractivity contribution in [1.82, 2.24) is 25.1 Å². The van der Waals surface area contributed by atoms with Crippen LogP contribution in [-0.2, 0) is 6.54 Å². The molecule has 0 radical (unpaired) electrons. The molecular formula is C23H24N6O3. The number of hydrogen-bond acceptors (Lipinski definition) is 6. The Morgan fingerprint density at radius 1 is 1.22 bits per heavy atom. The third kappa shape index (κ3) is 4.01. The molecule has 1 fully saturated rings. The number of nitrogens with zero attached hydrogens (tertiary/aromatic N) is 3. The zero-order valence-electron chi connectivity index (χ0n) is 17.5. The van der Waals surface area contributed by atoms with Crippen LogP contribution in [0.3, 0.4) is 0 Å². The highest BCUT2D eigenvalue weighted by Crippen LogP contribution is 2.32. The van der Waals surface area contributed by atoms with Crippen LogP contribution in [0.1, 0.15) is 54.3 Å². The summed E-state index contributed by atoms with van der Waals surface area (Å²) in [6.07, 6.45) is 10.0. The van der Waals surface area contributed by atoms with Crippen molar-refractivity contribution in [3.8, 4) is 0 Å². The van der Waals surface area contributed by atoms with Crippen LogP contribution in [0.4, 0.5) is 11.5 Å². The first-order valence-corrected chi connectivity index (χ1v) is 10.8. The SMILES string of the molecule is O=C(NCc1cccc(Nc2nn(C3CCCCC3)c3cc[nH]c(=O)c23)c1)c1cnco1. The zero-order valence-corrected chi connectivity index (χ0v) is 17.5. The fourth-order valence-corrected chi connectivity index (χ4v) is 4.28. The third-order valence-electron chi connectivity index (χ3n) is 5.85. The maximum atomic E-state index is 12.6. The van der Waals surface area contributed by atoms with Crippen LogP contribution in [0, 0.1) is 0 Å². The minimum atomic E-state index is -0.329. The fraction of sp³-hybridized carbons (Fsp3) is 0.304. The van der Waals surface area contributed by atoms with Crippen LogP contribution < -0.4 is 16.2 Å². The van der Waals surface area contributed by atoms with Crippen LogP contribution in [0.5, 0.6) is 0 Å². The third-order valence-corrected chi connectivity index (χ3v) is 5.85. The molecule has 1 aliphatic rings. The van der Waals surface area contributed by atoms with Gasteiger partial charge in [0.15, 0.2) is 12.2 Å². The van der Waals surface area contributed by atoms with Crippen LogP contribution in [0.25, 0.3) is 10.9 Å². The molecule has 9 nitrogen and oxygen atoms in total. The lowest BCUT2D eigenvalue weighted by molar-refractivity contribution is 0.0923. The first-order chi connectivity index (χ1) is 15.7. The normalized spacial score (nSPS) is 14.5. The first-order valence-electron chi connectivity index (χ1n) is 10.8. The predicted molar refractivity (Wildman–Crippen MR) is 120 cm³/mol. The van der Waals surface area contributed by atoms with Crippen molar-refractivity contribution >= 4 is 28.3 Å². The van der Waals surface area contributed by atoms with Gasteiger partial charge in [-0.25, -0.2) is 4.98 Å². The van der Waals surface area contributed by atoms with Crippen LogP contribution in [0.2, 0.25) is 0 Å². The Morgan fingerprint density at radius 3 is 2.91 bits per heavy atom. The fourth-order valence-electron chi connectivity index (χ4n) is 4.28. The molecule has 4 aromatic rings. The van der Waals surface area contributed by atoms with Crippen molar-refractivity contribution in [3.63, 3.8) is 0 Å². The second-order valence-electron chi connectivity index (χ2n) is 8.03. The van der Waals surface area contributed by atoms with E-state index in [1.807, 2.05) is 35.0 Å². The number of oxazole rings is 1. The molecule has 1 saturated carbocycles. The highest BCUT2D eigenvalue weighted by molar-refractivity contribution is 5.91. The zero-order chi connectivity index (χ0) is 21.9. The minimum absolute atomic E-state index is 0.164. The van der Waals surface area contributed by atoms with Gasteiger partial charge in [0.25, 0.3) is 11.5 Å². The van der Waals surface area contributed by atoms with E-state index >= 15 is 0 Å². The molecule has 0 aliphatic heterocycles. The van der Waals surface area contributed by atoms with Gasteiger partial charge in [0, 0.05) is 18.4 Å². The number of aromatic nitrogens is 4. The summed E-state index contributed by atoms with van der Waals surface area (Å²) in [6, 6.07) is 9.86. The van der Waals surface area contributed by atoms with Gasteiger partial charge in [0.05, 0.1) is 17.8 Å². The second kappa shape index (κ2) is 8.70. The van der Waals surface area contributed by atoms with Gasteiger partial charge < -0.3 is 20.0 Å². The van der Waals surface area contributed by atoms with Crippen molar-refractivity contribution in [1.29, 1.82) is 0 Å². The molecule has 9 heteroatoms. The number of hydrogen-bond donors (Lipinski definition) is 3. The molecule has 0 saturated heterocycles. The summed E-state index contributed by atoms with van der Waals surface area (Å²) >= 11 is 0. The van der Waals surface area contributed by atoms with E-state index in [-0.39, 0.29) is 17.2 Å². The van der Waals surface area contributed by atoms with Crippen molar-refractivity contribution in [2.75, 3.05) is 5.32 Å². The van der Waals surface area contributed by atoms with E-state index in [1.54, 1.807) is 6.20 Å². The molecule has 3 aromatic heterocycles. The molecule has 1 aliphatic carbocycles. The lowest BCUT2D eigenvalue weighted by Gasteiger charge is -2.22. The summed E-state index contributed by atoms with van der Waals surface area (Å²) < 4.78 is 7.02. The molecule has 0 unspecified atom stereocenters. The lowest BCUT2D eigenvalue weighted by atomic mass is 9.95. The Bertz CT molecular complexity index is 1280. The number of carbonyl (C=O) groups is 1. The summed E-state index contributed by atoms with van der Waals surface area (Å²) in [5.41, 5.74) is 2.36. The predicted octanol–water partition coefficient (Wildman–Crippen LogP) is 3.89. The second-order valence-corrected chi connectivity index (χ2v) is 8.03. The highest BCUT2D eigenvalue weighted by Gasteiger charge is 2.22.